The third kappa shape index (κ3) is 2.43. The van der Waals surface area contributed by atoms with Gasteiger partial charge in [-0.25, -0.2) is 0 Å². The number of carboxylic acids is 1. The quantitative estimate of drug-likeness (QED) is 0.547. The molecule has 3 atom stereocenters. The minimum atomic E-state index is -0.924. The Morgan fingerprint density at radius 2 is 2.31 bits per heavy atom. The first-order valence-electron chi connectivity index (χ1n) is 3.92. The lowest BCUT2D eigenvalue weighted by molar-refractivity contribution is -0.138. The summed E-state index contributed by atoms with van der Waals surface area (Å²) >= 11 is 1.29. The molecule has 13 heavy (non-hydrogen) atoms. The van der Waals surface area contributed by atoms with Crippen LogP contribution in [0.1, 0.15) is 6.92 Å². The maximum atomic E-state index is 11.3. The minimum absolute atomic E-state index is 0.145. The van der Waals surface area contributed by atoms with E-state index in [2.05, 4.69) is 5.32 Å². The number of aliphatic carboxylic acids is 1. The SMILES string of the molecule is C[C@H](N)C(=O)C1NC(C(=O)O)CS1. The summed E-state index contributed by atoms with van der Waals surface area (Å²) in [7, 11) is 0. The van der Waals surface area contributed by atoms with Gasteiger partial charge >= 0.3 is 5.97 Å². The molecule has 0 aromatic carbocycles. The molecule has 0 spiro atoms. The number of hydrogen-bond donors (Lipinski definition) is 3. The summed E-state index contributed by atoms with van der Waals surface area (Å²) in [5.41, 5.74) is 5.39. The predicted molar refractivity (Wildman–Crippen MR) is 49.5 cm³/mol. The van der Waals surface area contributed by atoms with Crippen molar-refractivity contribution >= 4 is 23.5 Å². The Kier molecular flexibility index (Phi) is 3.29. The number of thioether (sulfide) groups is 1. The number of carboxylic acid groups (broad SMARTS) is 1. The molecule has 0 aromatic heterocycles. The standard InChI is InChI=1S/C7H12N2O3S/c1-3(8)5(10)6-9-4(2-13-6)7(11)12/h3-4,6,9H,2,8H2,1H3,(H,11,12)/t3-,4?,6?/m0/s1. The van der Waals surface area contributed by atoms with Crippen LogP contribution < -0.4 is 11.1 Å². The smallest absolute Gasteiger partial charge is 0.321 e. The van der Waals surface area contributed by atoms with E-state index in [0.717, 1.165) is 0 Å². The Balaban J connectivity index is 2.50. The highest BCUT2D eigenvalue weighted by Crippen LogP contribution is 2.20. The molecular formula is C7H12N2O3S. The van der Waals surface area contributed by atoms with Crippen molar-refractivity contribution in [1.29, 1.82) is 0 Å². The number of carbonyl (C=O) groups is 2. The highest BCUT2D eigenvalue weighted by atomic mass is 32.2. The Morgan fingerprint density at radius 3 is 2.69 bits per heavy atom. The lowest BCUT2D eigenvalue weighted by Gasteiger charge is -2.11. The summed E-state index contributed by atoms with van der Waals surface area (Å²) in [5.74, 6) is -0.653. The number of hydrogen-bond acceptors (Lipinski definition) is 5. The molecule has 0 amide bonds. The summed E-state index contributed by atoms with van der Waals surface area (Å²) in [4.78, 5) is 21.8. The summed E-state index contributed by atoms with van der Waals surface area (Å²) in [5, 5.41) is 10.9. The zero-order valence-electron chi connectivity index (χ0n) is 7.19. The maximum absolute atomic E-state index is 11.3. The number of ketones is 1. The van der Waals surface area contributed by atoms with E-state index >= 15 is 0 Å². The van der Waals surface area contributed by atoms with Gasteiger partial charge < -0.3 is 10.8 Å². The number of nitrogens with two attached hydrogens (primary N) is 1. The fraction of sp³-hybridized carbons (Fsp3) is 0.714. The number of Topliss-reactive ketones (excluding diaryl/α,β-unsaturated/α-hetero) is 1. The van der Waals surface area contributed by atoms with Crippen LogP contribution in [-0.2, 0) is 9.59 Å². The van der Waals surface area contributed by atoms with E-state index in [-0.39, 0.29) is 5.78 Å². The van der Waals surface area contributed by atoms with E-state index in [1.54, 1.807) is 6.92 Å². The van der Waals surface area contributed by atoms with Crippen LogP contribution in [0.25, 0.3) is 0 Å². The fourth-order valence-electron chi connectivity index (χ4n) is 1.02. The van der Waals surface area contributed by atoms with Crippen molar-refractivity contribution in [3.63, 3.8) is 0 Å². The molecule has 0 aromatic rings. The summed E-state index contributed by atoms with van der Waals surface area (Å²) in [6.07, 6.45) is 0. The van der Waals surface area contributed by atoms with Crippen LogP contribution in [0.4, 0.5) is 0 Å². The van der Waals surface area contributed by atoms with E-state index < -0.39 is 23.4 Å². The van der Waals surface area contributed by atoms with Gasteiger partial charge in [-0.1, -0.05) is 0 Å². The Bertz CT molecular complexity index is 232. The molecule has 1 aliphatic rings. The molecule has 0 radical (unpaired) electrons. The van der Waals surface area contributed by atoms with Crippen molar-refractivity contribution in [1.82, 2.24) is 5.32 Å². The molecule has 2 unspecified atom stereocenters. The summed E-state index contributed by atoms with van der Waals surface area (Å²) in [6.45, 7) is 1.60. The molecule has 1 saturated heterocycles. The molecule has 1 heterocycles. The van der Waals surface area contributed by atoms with Crippen LogP contribution in [-0.4, -0.2) is 40.1 Å². The first kappa shape index (κ1) is 10.5. The normalized spacial score (nSPS) is 30.0. The summed E-state index contributed by atoms with van der Waals surface area (Å²) < 4.78 is 0. The van der Waals surface area contributed by atoms with Crippen LogP contribution >= 0.6 is 11.8 Å². The Morgan fingerprint density at radius 1 is 1.69 bits per heavy atom. The van der Waals surface area contributed by atoms with Crippen molar-refractivity contribution in [2.45, 2.75) is 24.4 Å². The van der Waals surface area contributed by atoms with Crippen LogP contribution in [0.15, 0.2) is 0 Å². The van der Waals surface area contributed by atoms with Crippen LogP contribution in [0.3, 0.4) is 0 Å². The van der Waals surface area contributed by atoms with Crippen molar-refractivity contribution in [3.8, 4) is 0 Å². The van der Waals surface area contributed by atoms with Gasteiger partial charge in [0, 0.05) is 5.75 Å². The van der Waals surface area contributed by atoms with Gasteiger partial charge in [0.2, 0.25) is 0 Å². The molecule has 6 heteroatoms. The Hall–Kier alpha value is -0.590. The second-order valence-electron chi connectivity index (χ2n) is 2.96. The molecule has 1 rings (SSSR count). The molecule has 1 fully saturated rings. The van der Waals surface area contributed by atoms with Gasteiger partial charge in [-0.05, 0) is 6.92 Å². The number of rotatable bonds is 3. The number of carbonyl (C=O) groups excluding carboxylic acids is 1. The van der Waals surface area contributed by atoms with E-state index in [1.807, 2.05) is 0 Å². The third-order valence-corrected chi connectivity index (χ3v) is 3.01. The van der Waals surface area contributed by atoms with Gasteiger partial charge in [-0.15, -0.1) is 11.8 Å². The van der Waals surface area contributed by atoms with Gasteiger partial charge in [-0.3, -0.25) is 14.9 Å². The first-order valence-corrected chi connectivity index (χ1v) is 4.97. The zero-order chi connectivity index (χ0) is 10.0. The van der Waals surface area contributed by atoms with Crippen LogP contribution in [0.5, 0.6) is 0 Å². The van der Waals surface area contributed by atoms with Gasteiger partial charge in [0.05, 0.1) is 6.04 Å². The molecule has 5 nitrogen and oxygen atoms in total. The average molecular weight is 204 g/mol. The minimum Gasteiger partial charge on any atom is -0.480 e. The highest BCUT2D eigenvalue weighted by Gasteiger charge is 2.34. The largest absolute Gasteiger partial charge is 0.480 e. The van der Waals surface area contributed by atoms with Crippen molar-refractivity contribution in [2.24, 2.45) is 5.73 Å². The van der Waals surface area contributed by atoms with E-state index in [4.69, 9.17) is 10.8 Å². The Labute approximate surface area is 80.1 Å². The fourth-order valence-corrected chi connectivity index (χ4v) is 2.28. The molecule has 1 aliphatic heterocycles. The van der Waals surface area contributed by atoms with Crippen molar-refractivity contribution in [3.05, 3.63) is 0 Å². The molecule has 0 bridgehead atoms. The lowest BCUT2D eigenvalue weighted by atomic mass is 10.2. The topological polar surface area (TPSA) is 92.4 Å². The molecule has 4 N–H and O–H groups in total. The monoisotopic (exact) mass is 204 g/mol. The second kappa shape index (κ2) is 4.08. The predicted octanol–water partition coefficient (Wildman–Crippen LogP) is -0.982. The van der Waals surface area contributed by atoms with Gasteiger partial charge in [0.25, 0.3) is 0 Å². The summed E-state index contributed by atoms with van der Waals surface area (Å²) in [6, 6.07) is -1.17. The van der Waals surface area contributed by atoms with E-state index in [1.165, 1.54) is 11.8 Å². The number of nitrogens with one attached hydrogen (secondary N) is 1. The maximum Gasteiger partial charge on any atom is 0.321 e. The van der Waals surface area contributed by atoms with E-state index in [9.17, 15) is 9.59 Å². The molecular weight excluding hydrogens is 192 g/mol. The van der Waals surface area contributed by atoms with Gasteiger partial charge in [0.1, 0.15) is 11.4 Å². The van der Waals surface area contributed by atoms with Crippen molar-refractivity contribution in [2.75, 3.05) is 5.75 Å². The van der Waals surface area contributed by atoms with E-state index in [0.29, 0.717) is 5.75 Å². The lowest BCUT2D eigenvalue weighted by Crippen LogP contribution is -2.44. The van der Waals surface area contributed by atoms with Crippen LogP contribution in [0, 0.1) is 0 Å². The average Bonchev–Trinajstić information content (AvgIpc) is 2.50. The molecule has 74 valence electrons. The molecule has 0 aliphatic carbocycles. The first-order chi connectivity index (χ1) is 6.02. The molecule has 0 saturated carbocycles. The third-order valence-electron chi connectivity index (χ3n) is 1.79. The zero-order valence-corrected chi connectivity index (χ0v) is 8.00. The second-order valence-corrected chi connectivity index (χ2v) is 4.10. The van der Waals surface area contributed by atoms with Gasteiger partial charge in [0.15, 0.2) is 5.78 Å². The van der Waals surface area contributed by atoms with Gasteiger partial charge in [-0.2, -0.15) is 0 Å². The van der Waals surface area contributed by atoms with Crippen LogP contribution in [0.2, 0.25) is 0 Å². The highest BCUT2D eigenvalue weighted by molar-refractivity contribution is 8.00. The van der Waals surface area contributed by atoms with Crippen molar-refractivity contribution < 1.29 is 14.7 Å².